The van der Waals surface area contributed by atoms with E-state index in [1.54, 1.807) is 10.6 Å². The number of nitro groups is 1. The molecule has 0 saturated heterocycles. The van der Waals surface area contributed by atoms with Gasteiger partial charge in [0.25, 0.3) is 5.69 Å². The lowest BCUT2D eigenvalue weighted by Gasteiger charge is -1.98. The van der Waals surface area contributed by atoms with Crippen LogP contribution in [0.5, 0.6) is 0 Å². The van der Waals surface area contributed by atoms with Crippen LogP contribution in [-0.2, 0) is 0 Å². The molecule has 1 aromatic carbocycles. The average Bonchev–Trinajstić information content (AvgIpc) is 2.88. The zero-order valence-corrected chi connectivity index (χ0v) is 12.1. The van der Waals surface area contributed by atoms with E-state index in [2.05, 4.69) is 26.0 Å². The van der Waals surface area contributed by atoms with Crippen LogP contribution in [0.2, 0.25) is 0 Å². The third-order valence-electron chi connectivity index (χ3n) is 2.73. The Bertz CT molecular complexity index is 795. The van der Waals surface area contributed by atoms with Gasteiger partial charge < -0.3 is 0 Å². The van der Waals surface area contributed by atoms with Crippen molar-refractivity contribution in [3.63, 3.8) is 0 Å². The second kappa shape index (κ2) is 4.39. The van der Waals surface area contributed by atoms with Gasteiger partial charge in [0, 0.05) is 17.7 Å². The largest absolute Gasteiger partial charge is 0.270 e. The Morgan fingerprint density at radius 3 is 2.95 bits per heavy atom. The van der Waals surface area contributed by atoms with Crippen LogP contribution < -0.4 is 0 Å². The zero-order chi connectivity index (χ0) is 13.6. The molecule has 0 radical (unpaired) electrons. The van der Waals surface area contributed by atoms with Gasteiger partial charge in [-0.1, -0.05) is 23.5 Å². The van der Waals surface area contributed by atoms with Crippen molar-refractivity contribution in [1.82, 2.24) is 14.6 Å². The molecular formula is C11H7BrN4O2S. The third-order valence-corrected chi connectivity index (χ3v) is 4.07. The number of hydrogen-bond donors (Lipinski definition) is 0. The van der Waals surface area contributed by atoms with Crippen molar-refractivity contribution in [2.75, 3.05) is 0 Å². The number of aromatic nitrogens is 3. The lowest BCUT2D eigenvalue weighted by Crippen LogP contribution is -1.90. The standard InChI is InChI=1S/C11H7BrN4O2S/c1-6-9(13-11-15(6)14-10(12)19-11)7-3-2-4-8(5-7)16(17)18/h2-5H,1H3. The molecule has 0 atom stereocenters. The predicted molar refractivity (Wildman–Crippen MR) is 75.4 cm³/mol. The summed E-state index contributed by atoms with van der Waals surface area (Å²) in [6.07, 6.45) is 0. The summed E-state index contributed by atoms with van der Waals surface area (Å²) >= 11 is 4.72. The summed E-state index contributed by atoms with van der Waals surface area (Å²) in [5.41, 5.74) is 2.36. The number of benzene rings is 1. The van der Waals surface area contributed by atoms with Gasteiger partial charge in [0.15, 0.2) is 3.92 Å². The van der Waals surface area contributed by atoms with Gasteiger partial charge in [-0.15, -0.1) is 5.10 Å². The molecule has 8 heteroatoms. The van der Waals surface area contributed by atoms with E-state index in [0.29, 0.717) is 0 Å². The highest BCUT2D eigenvalue weighted by Crippen LogP contribution is 2.29. The summed E-state index contributed by atoms with van der Waals surface area (Å²) in [7, 11) is 0. The number of nitrogens with zero attached hydrogens (tertiary/aromatic N) is 4. The normalized spacial score (nSPS) is 11.1. The molecule has 0 bridgehead atoms. The number of non-ortho nitro benzene ring substituents is 1. The molecule has 0 spiro atoms. The van der Waals surface area contributed by atoms with E-state index in [-0.39, 0.29) is 5.69 Å². The van der Waals surface area contributed by atoms with Gasteiger partial charge in [0.05, 0.1) is 16.3 Å². The molecule has 0 aliphatic carbocycles. The maximum atomic E-state index is 10.8. The number of aryl methyl sites for hydroxylation is 1. The summed E-state index contributed by atoms with van der Waals surface area (Å²) in [6.45, 7) is 1.89. The molecule has 96 valence electrons. The second-order valence-electron chi connectivity index (χ2n) is 3.90. The average molecular weight is 339 g/mol. The molecule has 0 saturated carbocycles. The lowest BCUT2D eigenvalue weighted by atomic mass is 10.1. The SMILES string of the molecule is Cc1c(-c2cccc([N+](=O)[O-])c2)nc2sc(Br)nn12. The topological polar surface area (TPSA) is 73.3 Å². The van der Waals surface area contributed by atoms with Crippen molar-refractivity contribution in [1.29, 1.82) is 0 Å². The third kappa shape index (κ3) is 2.02. The Morgan fingerprint density at radius 1 is 1.47 bits per heavy atom. The van der Waals surface area contributed by atoms with E-state index < -0.39 is 4.92 Å². The Kier molecular flexibility index (Phi) is 2.83. The molecule has 2 heterocycles. The van der Waals surface area contributed by atoms with Crippen molar-refractivity contribution < 1.29 is 4.92 Å². The Hall–Kier alpha value is -1.80. The Morgan fingerprint density at radius 2 is 2.26 bits per heavy atom. The van der Waals surface area contributed by atoms with Crippen LogP contribution in [0.15, 0.2) is 28.2 Å². The fourth-order valence-corrected chi connectivity index (χ4v) is 3.13. The number of imidazole rings is 1. The highest BCUT2D eigenvalue weighted by atomic mass is 79.9. The first-order valence-corrected chi connectivity index (χ1v) is 6.93. The van der Waals surface area contributed by atoms with Crippen LogP contribution in [0.25, 0.3) is 16.2 Å². The van der Waals surface area contributed by atoms with Gasteiger partial charge in [-0.2, -0.15) is 0 Å². The first-order valence-electron chi connectivity index (χ1n) is 5.33. The summed E-state index contributed by atoms with van der Waals surface area (Å²) in [5.74, 6) is 0. The highest BCUT2D eigenvalue weighted by molar-refractivity contribution is 9.11. The minimum absolute atomic E-state index is 0.0578. The lowest BCUT2D eigenvalue weighted by molar-refractivity contribution is -0.384. The molecule has 6 nitrogen and oxygen atoms in total. The number of rotatable bonds is 2. The minimum Gasteiger partial charge on any atom is -0.258 e. The van der Waals surface area contributed by atoms with Crippen molar-refractivity contribution in [2.24, 2.45) is 0 Å². The van der Waals surface area contributed by atoms with E-state index in [1.807, 2.05) is 13.0 Å². The quantitative estimate of drug-likeness (QED) is 0.530. The molecule has 19 heavy (non-hydrogen) atoms. The monoisotopic (exact) mass is 338 g/mol. The van der Waals surface area contributed by atoms with Crippen LogP contribution in [-0.4, -0.2) is 19.5 Å². The van der Waals surface area contributed by atoms with Crippen molar-refractivity contribution in [3.8, 4) is 11.3 Å². The Balaban J connectivity index is 2.18. The van der Waals surface area contributed by atoms with Crippen molar-refractivity contribution in [2.45, 2.75) is 6.92 Å². The molecule has 3 rings (SSSR count). The van der Waals surface area contributed by atoms with E-state index in [0.717, 1.165) is 25.8 Å². The van der Waals surface area contributed by atoms with E-state index in [4.69, 9.17) is 0 Å². The molecule has 0 aliphatic rings. The molecule has 0 amide bonds. The summed E-state index contributed by atoms with van der Waals surface area (Å²) in [6, 6.07) is 6.45. The smallest absolute Gasteiger partial charge is 0.258 e. The van der Waals surface area contributed by atoms with Crippen molar-refractivity contribution in [3.05, 3.63) is 44.0 Å². The zero-order valence-electron chi connectivity index (χ0n) is 9.70. The van der Waals surface area contributed by atoms with Crippen LogP contribution in [0.1, 0.15) is 5.69 Å². The first-order chi connectivity index (χ1) is 9.06. The van der Waals surface area contributed by atoms with Gasteiger partial charge in [-0.05, 0) is 22.9 Å². The maximum absolute atomic E-state index is 10.8. The van der Waals surface area contributed by atoms with Gasteiger partial charge in [-0.25, -0.2) is 9.50 Å². The summed E-state index contributed by atoms with van der Waals surface area (Å²) in [5, 5.41) is 15.1. The maximum Gasteiger partial charge on any atom is 0.270 e. The summed E-state index contributed by atoms with van der Waals surface area (Å²) < 4.78 is 2.48. The molecular weight excluding hydrogens is 332 g/mol. The van der Waals surface area contributed by atoms with E-state index in [1.165, 1.54) is 23.5 Å². The number of hydrogen-bond acceptors (Lipinski definition) is 5. The van der Waals surface area contributed by atoms with Gasteiger partial charge >= 0.3 is 0 Å². The number of nitro benzene ring substituents is 1. The summed E-state index contributed by atoms with van der Waals surface area (Å²) in [4.78, 5) is 15.6. The second-order valence-corrected chi connectivity index (χ2v) is 6.13. The van der Waals surface area contributed by atoms with Crippen molar-refractivity contribution >= 4 is 37.9 Å². The van der Waals surface area contributed by atoms with E-state index in [9.17, 15) is 10.1 Å². The fraction of sp³-hybridized carbons (Fsp3) is 0.0909. The van der Waals surface area contributed by atoms with Gasteiger partial charge in [0.1, 0.15) is 0 Å². The van der Waals surface area contributed by atoms with Gasteiger partial charge in [0.2, 0.25) is 4.96 Å². The van der Waals surface area contributed by atoms with Crippen LogP contribution in [0, 0.1) is 17.0 Å². The number of fused-ring (bicyclic) bond motifs is 1. The van der Waals surface area contributed by atoms with E-state index >= 15 is 0 Å². The van der Waals surface area contributed by atoms with Crippen LogP contribution in [0.3, 0.4) is 0 Å². The molecule has 0 N–H and O–H groups in total. The highest BCUT2D eigenvalue weighted by Gasteiger charge is 2.16. The predicted octanol–water partition coefficient (Wildman–Crippen LogP) is 3.44. The Labute approximate surface area is 120 Å². The molecule has 0 fully saturated rings. The first kappa shape index (κ1) is 12.2. The molecule has 0 unspecified atom stereocenters. The van der Waals surface area contributed by atoms with Gasteiger partial charge in [-0.3, -0.25) is 10.1 Å². The molecule has 2 aromatic heterocycles. The molecule has 0 aliphatic heterocycles. The van der Waals surface area contributed by atoms with Crippen LogP contribution in [0.4, 0.5) is 5.69 Å². The molecule has 3 aromatic rings. The fourth-order valence-electron chi connectivity index (χ4n) is 1.87. The van der Waals surface area contributed by atoms with Crippen LogP contribution >= 0.6 is 27.3 Å². The minimum atomic E-state index is -0.411. The number of halogens is 1.